The lowest BCUT2D eigenvalue weighted by Crippen LogP contribution is -2.42. The van der Waals surface area contributed by atoms with Crippen LogP contribution >= 0.6 is 23.2 Å². The monoisotopic (exact) mass is 351 g/mol. The molecule has 1 aromatic carbocycles. The molecule has 1 aliphatic heterocycles. The van der Waals surface area contributed by atoms with Crippen molar-refractivity contribution in [1.29, 1.82) is 0 Å². The van der Waals surface area contributed by atoms with E-state index in [1.54, 1.807) is 0 Å². The van der Waals surface area contributed by atoms with Gasteiger partial charge in [0.05, 0.1) is 23.1 Å². The Kier molecular flexibility index (Phi) is 5.14. The first-order valence-electron chi connectivity index (χ1n) is 6.40. The van der Waals surface area contributed by atoms with E-state index in [1.165, 1.54) is 29.6 Å². The number of carbonyl (C=O) groups is 1. The number of sulfonamides is 1. The van der Waals surface area contributed by atoms with Crippen LogP contribution in [0, 0.1) is 5.92 Å². The van der Waals surface area contributed by atoms with Crippen molar-refractivity contribution in [3.63, 3.8) is 0 Å². The van der Waals surface area contributed by atoms with Gasteiger partial charge in [-0.3, -0.25) is 4.79 Å². The number of carbonyl (C=O) groups excluding carboxylic acids is 1. The fourth-order valence-corrected chi connectivity index (χ4v) is 4.60. The van der Waals surface area contributed by atoms with Crippen molar-refractivity contribution in [2.45, 2.75) is 17.7 Å². The second-order valence-electron chi connectivity index (χ2n) is 4.78. The summed E-state index contributed by atoms with van der Waals surface area (Å²) in [5.74, 6) is -0.844. The van der Waals surface area contributed by atoms with Crippen LogP contribution in [0.15, 0.2) is 23.1 Å². The van der Waals surface area contributed by atoms with Crippen molar-refractivity contribution in [3.05, 3.63) is 28.2 Å². The summed E-state index contributed by atoms with van der Waals surface area (Å²) < 4.78 is 31.2. The van der Waals surface area contributed by atoms with Crippen LogP contribution in [0.5, 0.6) is 0 Å². The number of halogens is 2. The standard InChI is InChI=1S/C13H15Cl2NO4S/c1-20-13(17)9-4-3-7-16(8-9)21(18,19)11-6-2-5-10(14)12(11)15/h2,5-6,9H,3-4,7-8H2,1H3. The molecule has 116 valence electrons. The van der Waals surface area contributed by atoms with Crippen molar-refractivity contribution >= 4 is 39.2 Å². The average Bonchev–Trinajstić information content (AvgIpc) is 2.49. The van der Waals surface area contributed by atoms with Crippen LogP contribution in [-0.4, -0.2) is 38.9 Å². The maximum Gasteiger partial charge on any atom is 0.309 e. The molecule has 5 nitrogen and oxygen atoms in total. The first-order chi connectivity index (χ1) is 9.87. The Bertz CT molecular complexity index is 648. The van der Waals surface area contributed by atoms with Crippen LogP contribution in [0.4, 0.5) is 0 Å². The lowest BCUT2D eigenvalue weighted by atomic mass is 10.0. The topological polar surface area (TPSA) is 63.7 Å². The average molecular weight is 352 g/mol. The molecule has 0 bridgehead atoms. The molecule has 0 N–H and O–H groups in total. The fraction of sp³-hybridized carbons (Fsp3) is 0.462. The summed E-state index contributed by atoms with van der Waals surface area (Å²) in [5, 5.41) is 0.179. The Morgan fingerprint density at radius 2 is 2.10 bits per heavy atom. The van der Waals surface area contributed by atoms with E-state index in [2.05, 4.69) is 0 Å². The van der Waals surface area contributed by atoms with Crippen LogP contribution in [0.25, 0.3) is 0 Å². The van der Waals surface area contributed by atoms with Crippen LogP contribution in [0.1, 0.15) is 12.8 Å². The van der Waals surface area contributed by atoms with E-state index in [0.717, 1.165) is 0 Å². The molecule has 1 aliphatic rings. The minimum atomic E-state index is -3.78. The molecule has 0 saturated carbocycles. The molecular formula is C13H15Cl2NO4S. The van der Waals surface area contributed by atoms with Crippen molar-refractivity contribution in [2.24, 2.45) is 5.92 Å². The van der Waals surface area contributed by atoms with Gasteiger partial charge >= 0.3 is 5.97 Å². The Morgan fingerprint density at radius 1 is 1.38 bits per heavy atom. The number of piperidine rings is 1. The van der Waals surface area contributed by atoms with Crippen LogP contribution in [-0.2, 0) is 19.6 Å². The van der Waals surface area contributed by atoms with Gasteiger partial charge in [-0.15, -0.1) is 0 Å². The molecule has 1 fully saturated rings. The van der Waals surface area contributed by atoms with E-state index in [1.807, 2.05) is 0 Å². The zero-order valence-electron chi connectivity index (χ0n) is 11.4. The molecule has 0 spiro atoms. The summed E-state index contributed by atoms with van der Waals surface area (Å²) in [5.41, 5.74) is 0. The summed E-state index contributed by atoms with van der Waals surface area (Å²) >= 11 is 11.9. The zero-order chi connectivity index (χ0) is 15.6. The van der Waals surface area contributed by atoms with Crippen molar-refractivity contribution in [2.75, 3.05) is 20.2 Å². The smallest absolute Gasteiger partial charge is 0.309 e. The molecule has 0 aromatic heterocycles. The quantitative estimate of drug-likeness (QED) is 0.785. The molecular weight excluding hydrogens is 337 g/mol. The van der Waals surface area contributed by atoms with Gasteiger partial charge < -0.3 is 4.74 Å². The number of hydrogen-bond acceptors (Lipinski definition) is 4. The third kappa shape index (κ3) is 3.34. The number of rotatable bonds is 3. The molecule has 0 amide bonds. The largest absolute Gasteiger partial charge is 0.469 e. The lowest BCUT2D eigenvalue weighted by Gasteiger charge is -2.30. The number of ether oxygens (including phenoxy) is 1. The van der Waals surface area contributed by atoms with Crippen molar-refractivity contribution < 1.29 is 17.9 Å². The highest BCUT2D eigenvalue weighted by Gasteiger charge is 2.35. The van der Waals surface area contributed by atoms with E-state index in [0.29, 0.717) is 19.4 Å². The number of benzene rings is 1. The fourth-order valence-electron chi connectivity index (χ4n) is 2.34. The summed E-state index contributed by atoms with van der Waals surface area (Å²) in [4.78, 5) is 11.6. The molecule has 0 aliphatic carbocycles. The highest BCUT2D eigenvalue weighted by molar-refractivity contribution is 7.89. The molecule has 1 heterocycles. The van der Waals surface area contributed by atoms with Gasteiger partial charge in [-0.2, -0.15) is 4.31 Å². The maximum absolute atomic E-state index is 12.6. The highest BCUT2D eigenvalue weighted by Crippen LogP contribution is 2.32. The Balaban J connectivity index is 2.31. The summed E-state index contributed by atoms with van der Waals surface area (Å²) in [6, 6.07) is 4.46. The van der Waals surface area contributed by atoms with Gasteiger partial charge in [-0.25, -0.2) is 8.42 Å². The van der Waals surface area contributed by atoms with Gasteiger partial charge in [0.25, 0.3) is 0 Å². The number of esters is 1. The predicted octanol–water partition coefficient (Wildman–Crippen LogP) is 2.57. The van der Waals surface area contributed by atoms with Crippen LogP contribution in [0.2, 0.25) is 10.0 Å². The second-order valence-corrected chi connectivity index (χ2v) is 7.47. The molecule has 1 aromatic rings. The number of methoxy groups -OCH3 is 1. The highest BCUT2D eigenvalue weighted by atomic mass is 35.5. The van der Waals surface area contributed by atoms with Crippen molar-refractivity contribution in [3.8, 4) is 0 Å². The van der Waals surface area contributed by atoms with Gasteiger partial charge in [0, 0.05) is 13.1 Å². The van der Waals surface area contributed by atoms with Gasteiger partial charge in [0.2, 0.25) is 10.0 Å². The molecule has 8 heteroatoms. The number of hydrogen-bond donors (Lipinski definition) is 0. The Labute approximate surface area is 133 Å². The molecule has 0 radical (unpaired) electrons. The molecule has 21 heavy (non-hydrogen) atoms. The Hall–Kier alpha value is -0.820. The van der Waals surface area contributed by atoms with Crippen molar-refractivity contribution in [1.82, 2.24) is 4.31 Å². The van der Waals surface area contributed by atoms with Gasteiger partial charge in [0.1, 0.15) is 4.90 Å². The molecule has 1 unspecified atom stereocenters. The lowest BCUT2D eigenvalue weighted by molar-refractivity contribution is -0.146. The molecule has 2 rings (SSSR count). The van der Waals surface area contributed by atoms with Gasteiger partial charge in [-0.1, -0.05) is 29.3 Å². The predicted molar refractivity (Wildman–Crippen MR) is 80.0 cm³/mol. The van der Waals surface area contributed by atoms with E-state index in [4.69, 9.17) is 27.9 Å². The van der Waals surface area contributed by atoms with E-state index in [9.17, 15) is 13.2 Å². The van der Waals surface area contributed by atoms with E-state index in [-0.39, 0.29) is 21.5 Å². The van der Waals surface area contributed by atoms with Crippen LogP contribution in [0.3, 0.4) is 0 Å². The normalized spacial score (nSPS) is 20.2. The van der Waals surface area contributed by atoms with Gasteiger partial charge in [-0.05, 0) is 25.0 Å². The van der Waals surface area contributed by atoms with E-state index < -0.39 is 21.9 Å². The number of nitrogens with zero attached hydrogens (tertiary/aromatic N) is 1. The first-order valence-corrected chi connectivity index (χ1v) is 8.59. The summed E-state index contributed by atoms with van der Waals surface area (Å²) in [6.45, 7) is 0.441. The summed E-state index contributed by atoms with van der Waals surface area (Å²) in [6.07, 6.45) is 1.21. The summed E-state index contributed by atoms with van der Waals surface area (Å²) in [7, 11) is -2.49. The molecule has 1 atom stereocenters. The van der Waals surface area contributed by atoms with Gasteiger partial charge in [0.15, 0.2) is 0 Å². The first kappa shape index (κ1) is 16.5. The second kappa shape index (κ2) is 6.52. The zero-order valence-corrected chi connectivity index (χ0v) is 13.7. The third-order valence-corrected chi connectivity index (χ3v) is 6.29. The Morgan fingerprint density at radius 3 is 2.76 bits per heavy atom. The molecule has 1 saturated heterocycles. The maximum atomic E-state index is 12.6. The minimum Gasteiger partial charge on any atom is -0.469 e. The van der Waals surface area contributed by atoms with Crippen LogP contribution < -0.4 is 0 Å². The minimum absolute atomic E-state index is 0.000594. The van der Waals surface area contributed by atoms with E-state index >= 15 is 0 Å². The SMILES string of the molecule is COC(=O)C1CCCN(S(=O)(=O)c2cccc(Cl)c2Cl)C1. The third-order valence-electron chi connectivity index (χ3n) is 3.45.